The fourth-order valence-electron chi connectivity index (χ4n) is 2.87. The Kier molecular flexibility index (Phi) is 9.05. The summed E-state index contributed by atoms with van der Waals surface area (Å²) in [7, 11) is 0. The molecule has 1 unspecified atom stereocenters. The van der Waals surface area contributed by atoms with Crippen molar-refractivity contribution < 1.29 is 10.5 Å². The normalized spacial score (nSPS) is 17.8. The maximum Gasteiger partial charge on any atom is 0.192 e. The first-order valence-corrected chi connectivity index (χ1v) is 8.05. The topological polar surface area (TPSA) is 82.8 Å². The van der Waals surface area contributed by atoms with Gasteiger partial charge in [0.1, 0.15) is 5.78 Å². The Balaban J connectivity index is 1.82. The summed E-state index contributed by atoms with van der Waals surface area (Å²) in [6.07, 6.45) is 12.8. The molecule has 0 aliphatic heterocycles. The Hall–Kier alpha value is -0.450. The average Bonchev–Trinajstić information content (AvgIpc) is 2.90. The van der Waals surface area contributed by atoms with Gasteiger partial charge < -0.3 is 5.73 Å². The van der Waals surface area contributed by atoms with Crippen molar-refractivity contribution in [1.29, 1.82) is 0 Å². The first-order valence-electron chi connectivity index (χ1n) is 8.05. The van der Waals surface area contributed by atoms with Crippen molar-refractivity contribution in [3.8, 4) is 0 Å². The molecule has 6 N–H and O–H groups in total. The van der Waals surface area contributed by atoms with E-state index >= 15 is 0 Å². The van der Waals surface area contributed by atoms with Crippen LogP contribution in [0.4, 0.5) is 0 Å². The number of quaternary nitrogens is 1. The number of rotatable bonds is 11. The fourth-order valence-corrected chi connectivity index (χ4v) is 2.87. The van der Waals surface area contributed by atoms with E-state index in [4.69, 9.17) is 5.73 Å². The quantitative estimate of drug-likeness (QED) is 0.393. The average molecular weight is 270 g/mol. The Morgan fingerprint density at radius 3 is 2.32 bits per heavy atom. The lowest BCUT2D eigenvalue weighted by molar-refractivity contribution is -0.427. The van der Waals surface area contributed by atoms with Crippen LogP contribution in [0.25, 0.3) is 0 Å². The van der Waals surface area contributed by atoms with Gasteiger partial charge in [0.2, 0.25) is 0 Å². The van der Waals surface area contributed by atoms with Gasteiger partial charge in [-0.2, -0.15) is 0 Å². The first-order chi connectivity index (χ1) is 9.20. The summed E-state index contributed by atoms with van der Waals surface area (Å²) in [5.74, 6) is 0.948. The third-order valence-corrected chi connectivity index (χ3v) is 4.07. The van der Waals surface area contributed by atoms with Crippen LogP contribution in [0.15, 0.2) is 0 Å². The van der Waals surface area contributed by atoms with Gasteiger partial charge in [0, 0.05) is 18.9 Å². The van der Waals surface area contributed by atoms with Crippen molar-refractivity contribution in [1.82, 2.24) is 5.32 Å². The zero-order chi connectivity index (χ0) is 13.9. The van der Waals surface area contributed by atoms with Crippen molar-refractivity contribution in [3.05, 3.63) is 0 Å². The Morgan fingerprint density at radius 2 is 1.68 bits per heavy atom. The summed E-state index contributed by atoms with van der Waals surface area (Å²) in [5.41, 5.74) is 9.18. The molecular formula is C15H32N3O+. The Labute approximate surface area is 117 Å². The largest absolute Gasteiger partial charge is 0.330 e. The van der Waals surface area contributed by atoms with Gasteiger partial charge in [-0.15, -0.1) is 0 Å². The first kappa shape index (κ1) is 16.6. The van der Waals surface area contributed by atoms with E-state index in [0.717, 1.165) is 32.2 Å². The molecule has 19 heavy (non-hydrogen) atoms. The van der Waals surface area contributed by atoms with Gasteiger partial charge in [-0.25, -0.2) is 0 Å². The highest BCUT2D eigenvalue weighted by Crippen LogP contribution is 2.27. The van der Waals surface area contributed by atoms with Crippen molar-refractivity contribution in [2.45, 2.75) is 76.9 Å². The number of carbonyl (C=O) groups is 1. The predicted octanol–water partition coefficient (Wildman–Crippen LogP) is 1.55. The standard InChI is InChI=1S/C15H31N3O/c16-15(17)18-12-8-4-2-1-3-5-11-14(19)13-9-6-7-10-13/h13,15,18H,1-12,16-17H2/p+1. The van der Waals surface area contributed by atoms with Gasteiger partial charge in [-0.1, -0.05) is 38.5 Å². The van der Waals surface area contributed by atoms with E-state index in [9.17, 15) is 4.79 Å². The van der Waals surface area contributed by atoms with Crippen molar-refractivity contribution in [3.63, 3.8) is 0 Å². The second-order valence-electron chi connectivity index (χ2n) is 5.88. The molecular weight excluding hydrogens is 238 g/mol. The minimum atomic E-state index is -0.137. The van der Waals surface area contributed by atoms with Crippen LogP contribution in [-0.4, -0.2) is 18.6 Å². The smallest absolute Gasteiger partial charge is 0.192 e. The molecule has 4 nitrogen and oxygen atoms in total. The molecule has 1 rings (SSSR count). The number of hydrogen-bond acceptors (Lipinski definition) is 3. The number of nitrogens with two attached hydrogens (primary N) is 1. The summed E-state index contributed by atoms with van der Waals surface area (Å²) < 4.78 is 0. The SMILES string of the molecule is NC([NH3+])NCCCCCCCCC(=O)C1CCCC1. The highest BCUT2D eigenvalue weighted by atomic mass is 16.1. The number of Topliss-reactive ketones (excluding diaryl/α,β-unsaturated/α-hetero) is 1. The minimum Gasteiger partial charge on any atom is -0.330 e. The van der Waals surface area contributed by atoms with Crippen LogP contribution in [0.3, 0.4) is 0 Å². The van der Waals surface area contributed by atoms with Gasteiger partial charge in [0.05, 0.1) is 0 Å². The molecule has 0 aromatic heterocycles. The zero-order valence-corrected chi connectivity index (χ0v) is 12.3. The summed E-state index contributed by atoms with van der Waals surface area (Å²) in [6.45, 7) is 0.963. The Bertz CT molecular complexity index is 238. The van der Waals surface area contributed by atoms with Gasteiger partial charge in [-0.05, 0) is 25.7 Å². The highest BCUT2D eigenvalue weighted by Gasteiger charge is 2.21. The molecule has 1 aliphatic carbocycles. The van der Waals surface area contributed by atoms with Gasteiger partial charge in [0.25, 0.3) is 0 Å². The van der Waals surface area contributed by atoms with Crippen LogP contribution in [0.1, 0.15) is 70.6 Å². The molecule has 1 atom stereocenters. The number of ketones is 1. The van der Waals surface area contributed by atoms with Gasteiger partial charge in [-0.3, -0.25) is 15.8 Å². The zero-order valence-electron chi connectivity index (χ0n) is 12.3. The number of carbonyl (C=O) groups excluding carboxylic acids is 1. The van der Waals surface area contributed by atoms with Crippen LogP contribution in [-0.2, 0) is 4.79 Å². The van der Waals surface area contributed by atoms with Crippen molar-refractivity contribution in [2.75, 3.05) is 6.54 Å². The number of nitrogens with one attached hydrogen (secondary N) is 1. The van der Waals surface area contributed by atoms with Crippen molar-refractivity contribution in [2.24, 2.45) is 11.7 Å². The van der Waals surface area contributed by atoms with Crippen LogP contribution in [0.5, 0.6) is 0 Å². The van der Waals surface area contributed by atoms with E-state index in [1.165, 1.54) is 44.9 Å². The van der Waals surface area contributed by atoms with E-state index in [0.29, 0.717) is 11.7 Å². The minimum absolute atomic E-state index is 0.137. The molecule has 1 saturated carbocycles. The number of unbranched alkanes of at least 4 members (excludes halogenated alkanes) is 5. The third-order valence-electron chi connectivity index (χ3n) is 4.07. The molecule has 4 heteroatoms. The summed E-state index contributed by atoms with van der Waals surface area (Å²) in [4.78, 5) is 11.9. The predicted molar refractivity (Wildman–Crippen MR) is 78.2 cm³/mol. The molecule has 1 fully saturated rings. The molecule has 0 bridgehead atoms. The second kappa shape index (κ2) is 10.4. The highest BCUT2D eigenvalue weighted by molar-refractivity contribution is 5.81. The van der Waals surface area contributed by atoms with E-state index in [1.807, 2.05) is 0 Å². The van der Waals surface area contributed by atoms with E-state index in [1.54, 1.807) is 0 Å². The third kappa shape index (κ3) is 8.35. The van der Waals surface area contributed by atoms with Crippen LogP contribution >= 0.6 is 0 Å². The number of hydrogen-bond donors (Lipinski definition) is 3. The molecule has 112 valence electrons. The molecule has 0 aromatic rings. The molecule has 0 aromatic carbocycles. The van der Waals surface area contributed by atoms with Gasteiger partial charge in [0.15, 0.2) is 6.29 Å². The lowest BCUT2D eigenvalue weighted by Crippen LogP contribution is -2.73. The van der Waals surface area contributed by atoms with Gasteiger partial charge >= 0.3 is 0 Å². The lowest BCUT2D eigenvalue weighted by Gasteiger charge is -2.07. The summed E-state index contributed by atoms with van der Waals surface area (Å²) in [5, 5.41) is 3.12. The van der Waals surface area contributed by atoms with Crippen LogP contribution in [0.2, 0.25) is 0 Å². The van der Waals surface area contributed by atoms with Crippen LogP contribution in [0, 0.1) is 5.92 Å². The molecule has 0 radical (unpaired) electrons. The maximum absolute atomic E-state index is 11.9. The maximum atomic E-state index is 11.9. The monoisotopic (exact) mass is 270 g/mol. The molecule has 1 aliphatic rings. The Morgan fingerprint density at radius 1 is 1.11 bits per heavy atom. The molecule has 0 heterocycles. The van der Waals surface area contributed by atoms with E-state index < -0.39 is 0 Å². The summed E-state index contributed by atoms with van der Waals surface area (Å²) in [6, 6.07) is 0. The van der Waals surface area contributed by atoms with E-state index in [-0.39, 0.29) is 6.29 Å². The molecule has 0 amide bonds. The van der Waals surface area contributed by atoms with Crippen molar-refractivity contribution >= 4 is 5.78 Å². The summed E-state index contributed by atoms with van der Waals surface area (Å²) >= 11 is 0. The molecule has 0 spiro atoms. The molecule has 0 saturated heterocycles. The second-order valence-corrected chi connectivity index (χ2v) is 5.88. The fraction of sp³-hybridized carbons (Fsp3) is 0.933. The lowest BCUT2D eigenvalue weighted by atomic mass is 9.97. The van der Waals surface area contributed by atoms with Crippen LogP contribution < -0.4 is 16.8 Å². The van der Waals surface area contributed by atoms with E-state index in [2.05, 4.69) is 11.1 Å².